The van der Waals surface area contributed by atoms with Crippen molar-refractivity contribution in [2.24, 2.45) is 0 Å². The minimum Gasteiger partial charge on any atom is -0.336 e. The molecule has 0 unspecified atom stereocenters. The molecule has 2 N–H and O–H groups in total. The second-order valence-electron chi connectivity index (χ2n) is 8.77. The number of benzene rings is 2. The highest BCUT2D eigenvalue weighted by Crippen LogP contribution is 2.42. The lowest BCUT2D eigenvalue weighted by atomic mass is 9.94. The molecule has 42 heavy (non-hydrogen) atoms. The Morgan fingerprint density at radius 1 is 0.952 bits per heavy atom. The zero-order valence-corrected chi connectivity index (χ0v) is 22.7. The lowest BCUT2D eigenvalue weighted by molar-refractivity contribution is -0.144. The predicted octanol–water partition coefficient (Wildman–Crippen LogP) is 8.85. The van der Waals surface area contributed by atoms with Gasteiger partial charge in [0.2, 0.25) is 5.91 Å². The molecule has 0 saturated carbocycles. The third-order valence-electron chi connectivity index (χ3n) is 5.54. The molecule has 230 valence electrons. The lowest BCUT2D eigenvalue weighted by Gasteiger charge is -2.20. The van der Waals surface area contributed by atoms with E-state index in [1.807, 2.05) is 10.6 Å². The van der Waals surface area contributed by atoms with Crippen molar-refractivity contribution in [1.29, 1.82) is 0 Å². The van der Waals surface area contributed by atoms with Gasteiger partial charge in [0, 0.05) is 27.6 Å². The van der Waals surface area contributed by atoms with Gasteiger partial charge in [0.25, 0.3) is 5.91 Å². The van der Waals surface area contributed by atoms with E-state index < -0.39 is 83.3 Å². The van der Waals surface area contributed by atoms with Gasteiger partial charge < -0.3 is 10.6 Å². The highest BCUT2D eigenvalue weighted by molar-refractivity contribution is 6.37. The van der Waals surface area contributed by atoms with Gasteiger partial charge in [-0.15, -0.1) is 0 Å². The number of carbonyl (C=O) groups excluding carboxylic acids is 2. The van der Waals surface area contributed by atoms with Crippen molar-refractivity contribution >= 4 is 46.9 Å². The van der Waals surface area contributed by atoms with E-state index in [-0.39, 0.29) is 27.8 Å². The minimum atomic E-state index is -5.30. The first-order valence-electron chi connectivity index (χ1n) is 11.6. The van der Waals surface area contributed by atoms with Gasteiger partial charge >= 0.3 is 18.5 Å². The van der Waals surface area contributed by atoms with Crippen molar-refractivity contribution < 1.29 is 53.5 Å². The number of halogens is 12. The average molecular weight is 653 g/mol. The van der Waals surface area contributed by atoms with Crippen LogP contribution in [0.2, 0.25) is 10.0 Å². The highest BCUT2D eigenvalue weighted by atomic mass is 35.5. The number of allylic oxidation sites excluding steroid dienone is 1. The quantitative estimate of drug-likeness (QED) is 0.210. The van der Waals surface area contributed by atoms with Gasteiger partial charge in [-0.25, -0.2) is 4.39 Å². The third kappa shape index (κ3) is 9.65. The van der Waals surface area contributed by atoms with Crippen molar-refractivity contribution in [1.82, 2.24) is 10.6 Å². The minimum absolute atomic E-state index is 0.0172. The van der Waals surface area contributed by atoms with Crippen LogP contribution in [0.4, 0.5) is 43.9 Å². The molecule has 0 aromatic heterocycles. The van der Waals surface area contributed by atoms with Crippen LogP contribution in [0, 0.1) is 0 Å². The Kier molecular flexibility index (Phi) is 11.1. The number of carbonyl (C=O) groups is 2. The maximum atomic E-state index is 15.0. The lowest BCUT2D eigenvalue weighted by Crippen LogP contribution is -2.46. The molecule has 0 fully saturated rings. The summed E-state index contributed by atoms with van der Waals surface area (Å²) in [5, 5.41) is 3.41. The average Bonchev–Trinajstić information content (AvgIpc) is 2.83. The molecule has 2 amide bonds. The van der Waals surface area contributed by atoms with Crippen LogP contribution < -0.4 is 10.6 Å². The van der Waals surface area contributed by atoms with E-state index in [1.165, 1.54) is 6.08 Å². The predicted molar refractivity (Wildman–Crippen MR) is 136 cm³/mol. The number of hydrogen-bond acceptors (Lipinski definition) is 2. The first-order chi connectivity index (χ1) is 19.1. The number of hydrogen-bond donors (Lipinski definition) is 2. The van der Waals surface area contributed by atoms with Gasteiger partial charge in [-0.1, -0.05) is 41.9 Å². The van der Waals surface area contributed by atoms with Gasteiger partial charge in [0.15, 0.2) is 0 Å². The molecule has 0 aliphatic heterocycles. The smallest absolute Gasteiger partial charge is 0.336 e. The van der Waals surface area contributed by atoms with E-state index in [0.717, 1.165) is 19.1 Å². The molecule has 0 spiro atoms. The standard InChI is InChI=1S/C26H20Cl2F10N2O2/c1-3-15-19(27)9-14(10-20(15)28)17(25(33,34)35)11-21(29)13-4-5-16(18(8-13)26(36,37)38)23(42)40-12(2)39-22(41)6-7-24(30,31)32/h3-5,8-12,17H,1,6-7H2,2H3,(H,39,41)(H,40,42)/b21-11-/t12-,17-/m1/s1. The van der Waals surface area contributed by atoms with E-state index in [1.54, 1.807) is 0 Å². The third-order valence-corrected chi connectivity index (χ3v) is 6.16. The summed E-state index contributed by atoms with van der Waals surface area (Å²) < 4.78 is 135. The van der Waals surface area contributed by atoms with E-state index >= 15 is 4.39 Å². The van der Waals surface area contributed by atoms with Gasteiger partial charge in [-0.3, -0.25) is 9.59 Å². The van der Waals surface area contributed by atoms with Crippen LogP contribution in [-0.4, -0.2) is 30.3 Å². The molecule has 2 atom stereocenters. The summed E-state index contributed by atoms with van der Waals surface area (Å²) in [6, 6.07) is 2.93. The summed E-state index contributed by atoms with van der Waals surface area (Å²) in [7, 11) is 0. The summed E-state index contributed by atoms with van der Waals surface area (Å²) in [6.07, 6.45) is -17.8. The zero-order chi connectivity index (χ0) is 32.2. The molecular formula is C26H20Cl2F10N2O2. The van der Waals surface area contributed by atoms with Crippen molar-refractivity contribution in [2.45, 2.75) is 50.4 Å². The zero-order valence-electron chi connectivity index (χ0n) is 21.2. The van der Waals surface area contributed by atoms with E-state index in [9.17, 15) is 49.1 Å². The van der Waals surface area contributed by atoms with Crippen LogP contribution in [0.15, 0.2) is 43.0 Å². The molecule has 16 heteroatoms. The molecule has 0 saturated heterocycles. The first-order valence-corrected chi connectivity index (χ1v) is 12.3. The second kappa shape index (κ2) is 13.4. The fourth-order valence-corrected chi connectivity index (χ4v) is 4.26. The van der Waals surface area contributed by atoms with Crippen LogP contribution in [-0.2, 0) is 11.0 Å². The van der Waals surface area contributed by atoms with Crippen molar-refractivity contribution in [3.05, 3.63) is 80.8 Å². The van der Waals surface area contributed by atoms with E-state index in [2.05, 4.69) is 6.58 Å². The normalized spacial score (nSPS) is 14.3. The Hall–Kier alpha value is -3.26. The molecule has 2 rings (SSSR count). The largest absolute Gasteiger partial charge is 0.417 e. The number of alkyl halides is 9. The number of amides is 2. The molecule has 0 aliphatic carbocycles. The number of nitrogens with one attached hydrogen (secondary N) is 2. The molecule has 0 radical (unpaired) electrons. The maximum Gasteiger partial charge on any atom is 0.417 e. The topological polar surface area (TPSA) is 58.2 Å². The van der Waals surface area contributed by atoms with Crippen LogP contribution in [0.1, 0.15) is 58.3 Å². The SMILES string of the molecule is C=Cc1c(Cl)cc([C@@H](/C=C(\F)c2ccc(C(=O)N[C@H](C)NC(=O)CCC(F)(F)F)c(C(F)(F)F)c2)C(F)(F)F)cc1Cl. The van der Waals surface area contributed by atoms with Gasteiger partial charge in [0.05, 0.1) is 23.7 Å². The summed E-state index contributed by atoms with van der Waals surface area (Å²) in [6.45, 7) is 4.48. The Labute approximate surface area is 242 Å². The highest BCUT2D eigenvalue weighted by Gasteiger charge is 2.41. The summed E-state index contributed by atoms with van der Waals surface area (Å²) in [5.74, 6) is -7.02. The molecular weight excluding hydrogens is 633 g/mol. The Balaban J connectivity index is 2.41. The first kappa shape index (κ1) is 34.9. The second-order valence-corrected chi connectivity index (χ2v) is 9.59. The Bertz CT molecular complexity index is 1350. The fraction of sp³-hybridized carbons (Fsp3) is 0.308. The van der Waals surface area contributed by atoms with Crippen molar-refractivity contribution in [3.63, 3.8) is 0 Å². The monoisotopic (exact) mass is 652 g/mol. The summed E-state index contributed by atoms with van der Waals surface area (Å²) >= 11 is 11.9. The van der Waals surface area contributed by atoms with Crippen LogP contribution in [0.3, 0.4) is 0 Å². The van der Waals surface area contributed by atoms with Gasteiger partial charge in [-0.05, 0) is 42.8 Å². The van der Waals surface area contributed by atoms with E-state index in [0.29, 0.717) is 12.1 Å². The maximum absolute atomic E-state index is 15.0. The van der Waals surface area contributed by atoms with Crippen molar-refractivity contribution in [3.8, 4) is 0 Å². The number of rotatable bonds is 9. The molecule has 0 bridgehead atoms. The van der Waals surface area contributed by atoms with Gasteiger partial charge in [-0.2, -0.15) is 39.5 Å². The van der Waals surface area contributed by atoms with Crippen LogP contribution >= 0.6 is 23.2 Å². The summed E-state index contributed by atoms with van der Waals surface area (Å²) in [5.41, 5.74) is -4.30. The molecule has 4 nitrogen and oxygen atoms in total. The molecule has 2 aromatic carbocycles. The van der Waals surface area contributed by atoms with Crippen LogP contribution in [0.25, 0.3) is 11.9 Å². The van der Waals surface area contributed by atoms with E-state index in [4.69, 9.17) is 23.2 Å². The summed E-state index contributed by atoms with van der Waals surface area (Å²) in [4.78, 5) is 24.1. The molecule has 0 aliphatic rings. The van der Waals surface area contributed by atoms with Crippen LogP contribution in [0.5, 0.6) is 0 Å². The Morgan fingerprint density at radius 3 is 2.00 bits per heavy atom. The molecule has 2 aromatic rings. The van der Waals surface area contributed by atoms with Crippen molar-refractivity contribution in [2.75, 3.05) is 0 Å². The Morgan fingerprint density at radius 2 is 1.52 bits per heavy atom. The molecule has 0 heterocycles. The van der Waals surface area contributed by atoms with Gasteiger partial charge in [0.1, 0.15) is 11.7 Å². The fourth-order valence-electron chi connectivity index (χ4n) is 3.61.